The van der Waals surface area contributed by atoms with Crippen LogP contribution in [0.5, 0.6) is 0 Å². The van der Waals surface area contributed by atoms with Crippen molar-refractivity contribution in [1.82, 2.24) is 10.3 Å². The number of aliphatic hydroxyl groups is 1. The number of carbonyl (C=O) groups excluding carboxylic acids is 1. The van der Waals surface area contributed by atoms with Crippen molar-refractivity contribution >= 4 is 5.91 Å². The fraction of sp³-hybridized carbons (Fsp3) is 0.158. The Bertz CT molecular complexity index is 912. The molecule has 3 N–H and O–H groups in total. The van der Waals surface area contributed by atoms with E-state index in [0.29, 0.717) is 17.0 Å². The number of aromatic amines is 1. The van der Waals surface area contributed by atoms with Crippen LogP contribution in [-0.4, -0.2) is 22.5 Å². The molecule has 6 heteroatoms. The fourth-order valence-electron chi connectivity index (χ4n) is 2.47. The third kappa shape index (κ3) is 3.70. The van der Waals surface area contributed by atoms with E-state index in [1.807, 2.05) is 18.2 Å². The smallest absolute Gasteiger partial charge is 0.261 e. The zero-order chi connectivity index (χ0) is 17.9. The summed E-state index contributed by atoms with van der Waals surface area (Å²) in [5.74, 6) is -0.0421. The van der Waals surface area contributed by atoms with E-state index >= 15 is 0 Å². The topological polar surface area (TPSA) is 95.3 Å². The van der Waals surface area contributed by atoms with Crippen molar-refractivity contribution in [2.24, 2.45) is 0 Å². The van der Waals surface area contributed by atoms with Crippen molar-refractivity contribution in [2.45, 2.75) is 12.5 Å². The second-order valence-corrected chi connectivity index (χ2v) is 5.91. The summed E-state index contributed by atoms with van der Waals surface area (Å²) < 4.78 is 5.21. The summed E-state index contributed by atoms with van der Waals surface area (Å²) in [7, 11) is 0. The summed E-state index contributed by atoms with van der Waals surface area (Å²) >= 11 is 0. The van der Waals surface area contributed by atoms with Crippen molar-refractivity contribution in [1.29, 1.82) is 0 Å². The molecule has 2 aromatic heterocycles. The van der Waals surface area contributed by atoms with Gasteiger partial charge >= 0.3 is 0 Å². The minimum absolute atomic E-state index is 0.0186. The molecule has 6 nitrogen and oxygen atoms in total. The Balaban J connectivity index is 1.72. The van der Waals surface area contributed by atoms with Crippen LogP contribution in [0.2, 0.25) is 0 Å². The normalized spacial score (nSPS) is 13.2. The van der Waals surface area contributed by atoms with Crippen molar-refractivity contribution in [3.05, 3.63) is 82.3 Å². The molecule has 0 saturated carbocycles. The second kappa shape index (κ2) is 6.78. The van der Waals surface area contributed by atoms with Gasteiger partial charge in [0.15, 0.2) is 0 Å². The lowest BCUT2D eigenvalue weighted by Gasteiger charge is -2.24. The number of nitrogens with one attached hydrogen (secondary N) is 2. The molecule has 1 aromatic carbocycles. The highest BCUT2D eigenvalue weighted by Gasteiger charge is 2.24. The van der Waals surface area contributed by atoms with E-state index < -0.39 is 17.1 Å². The van der Waals surface area contributed by atoms with Gasteiger partial charge in [-0.1, -0.05) is 30.3 Å². The number of rotatable bonds is 5. The van der Waals surface area contributed by atoms with Crippen LogP contribution in [0.3, 0.4) is 0 Å². The van der Waals surface area contributed by atoms with Gasteiger partial charge in [0.1, 0.15) is 16.9 Å². The molecule has 3 aromatic rings. The molecule has 1 amide bonds. The van der Waals surface area contributed by atoms with Gasteiger partial charge in [0, 0.05) is 0 Å². The molecule has 0 radical (unpaired) electrons. The van der Waals surface area contributed by atoms with Gasteiger partial charge in [-0.05, 0) is 36.8 Å². The molecule has 2 heterocycles. The number of hydrogen-bond acceptors (Lipinski definition) is 4. The highest BCUT2D eigenvalue weighted by Crippen LogP contribution is 2.19. The van der Waals surface area contributed by atoms with Gasteiger partial charge in [0.25, 0.3) is 11.5 Å². The van der Waals surface area contributed by atoms with Gasteiger partial charge in [-0.3, -0.25) is 9.59 Å². The predicted molar refractivity (Wildman–Crippen MR) is 93.1 cm³/mol. The average molecular weight is 338 g/mol. The van der Waals surface area contributed by atoms with Crippen LogP contribution in [0.25, 0.3) is 11.5 Å². The van der Waals surface area contributed by atoms with Crippen LogP contribution in [0, 0.1) is 0 Å². The van der Waals surface area contributed by atoms with Crippen LogP contribution in [-0.2, 0) is 5.60 Å². The third-order valence-electron chi connectivity index (χ3n) is 3.93. The van der Waals surface area contributed by atoms with E-state index in [0.717, 1.165) is 0 Å². The molecule has 0 spiro atoms. The molecule has 0 aliphatic heterocycles. The first kappa shape index (κ1) is 16.7. The summed E-state index contributed by atoms with van der Waals surface area (Å²) in [6, 6.07) is 15.5. The van der Waals surface area contributed by atoms with Crippen molar-refractivity contribution < 1.29 is 14.3 Å². The lowest BCUT2D eigenvalue weighted by Crippen LogP contribution is -2.40. The number of hydrogen-bond donors (Lipinski definition) is 3. The quantitative estimate of drug-likeness (QED) is 0.665. The Morgan fingerprint density at radius 1 is 1.16 bits per heavy atom. The van der Waals surface area contributed by atoms with Crippen LogP contribution < -0.4 is 10.9 Å². The Labute approximate surface area is 144 Å². The Hall–Kier alpha value is -3.12. The van der Waals surface area contributed by atoms with E-state index in [4.69, 9.17) is 4.42 Å². The molecule has 0 fully saturated rings. The lowest BCUT2D eigenvalue weighted by atomic mass is 9.96. The van der Waals surface area contributed by atoms with E-state index in [9.17, 15) is 14.7 Å². The van der Waals surface area contributed by atoms with Gasteiger partial charge in [0.2, 0.25) is 0 Å². The van der Waals surface area contributed by atoms with Gasteiger partial charge < -0.3 is 19.8 Å². The third-order valence-corrected chi connectivity index (χ3v) is 3.93. The number of benzene rings is 1. The summed E-state index contributed by atoms with van der Waals surface area (Å²) in [6.07, 6.45) is 1.50. The highest BCUT2D eigenvalue weighted by atomic mass is 16.3. The van der Waals surface area contributed by atoms with Gasteiger partial charge in [-0.2, -0.15) is 0 Å². The van der Waals surface area contributed by atoms with Crippen molar-refractivity contribution in [2.75, 3.05) is 6.54 Å². The first-order valence-electron chi connectivity index (χ1n) is 7.81. The maximum atomic E-state index is 12.3. The number of H-pyrrole nitrogens is 1. The molecule has 0 aliphatic carbocycles. The first-order chi connectivity index (χ1) is 12.0. The summed E-state index contributed by atoms with van der Waals surface area (Å²) in [5.41, 5.74) is -0.622. The van der Waals surface area contributed by atoms with Crippen molar-refractivity contribution in [3.63, 3.8) is 0 Å². The highest BCUT2D eigenvalue weighted by molar-refractivity contribution is 5.94. The number of furan rings is 1. The van der Waals surface area contributed by atoms with Gasteiger partial charge in [-0.15, -0.1) is 0 Å². The molecule has 0 saturated heterocycles. The maximum absolute atomic E-state index is 12.3. The molecule has 0 aliphatic rings. The molecule has 128 valence electrons. The fourth-order valence-corrected chi connectivity index (χ4v) is 2.47. The molecular formula is C19H18N2O4. The number of pyridine rings is 1. The van der Waals surface area contributed by atoms with E-state index in [-0.39, 0.29) is 12.1 Å². The summed E-state index contributed by atoms with van der Waals surface area (Å²) in [6.45, 7) is 1.59. The molecule has 3 rings (SSSR count). The molecular weight excluding hydrogens is 320 g/mol. The molecule has 1 unspecified atom stereocenters. The number of carbonyl (C=O) groups is 1. The SMILES string of the molecule is CC(O)(CNC(=O)c1ccc(-c2ccco2)[nH]c1=O)c1ccccc1. The Morgan fingerprint density at radius 2 is 1.92 bits per heavy atom. The Kier molecular flexibility index (Phi) is 4.54. The van der Waals surface area contributed by atoms with E-state index in [1.54, 1.807) is 37.3 Å². The standard InChI is InChI=1S/C19H18N2O4/c1-19(24,13-6-3-2-4-7-13)12-20-17(22)14-9-10-15(21-18(14)23)16-8-5-11-25-16/h2-11,24H,12H2,1H3,(H,20,22)(H,21,23). The Morgan fingerprint density at radius 3 is 2.56 bits per heavy atom. The van der Waals surface area contributed by atoms with E-state index in [2.05, 4.69) is 10.3 Å². The molecule has 1 atom stereocenters. The van der Waals surface area contributed by atoms with Crippen LogP contribution >= 0.6 is 0 Å². The zero-order valence-electron chi connectivity index (χ0n) is 13.7. The van der Waals surface area contributed by atoms with Crippen LogP contribution in [0.4, 0.5) is 0 Å². The predicted octanol–water partition coefficient (Wildman–Crippen LogP) is 2.27. The van der Waals surface area contributed by atoms with Crippen LogP contribution in [0.1, 0.15) is 22.8 Å². The minimum atomic E-state index is -1.24. The minimum Gasteiger partial charge on any atom is -0.463 e. The first-order valence-corrected chi connectivity index (χ1v) is 7.81. The van der Waals surface area contributed by atoms with Gasteiger partial charge in [-0.25, -0.2) is 0 Å². The average Bonchev–Trinajstić information content (AvgIpc) is 3.15. The second-order valence-electron chi connectivity index (χ2n) is 5.91. The van der Waals surface area contributed by atoms with Crippen molar-refractivity contribution in [3.8, 4) is 11.5 Å². The maximum Gasteiger partial charge on any atom is 0.261 e. The molecule has 0 bridgehead atoms. The summed E-state index contributed by atoms with van der Waals surface area (Å²) in [5, 5.41) is 13.1. The number of amides is 1. The zero-order valence-corrected chi connectivity index (χ0v) is 13.7. The monoisotopic (exact) mass is 338 g/mol. The van der Waals surface area contributed by atoms with Crippen LogP contribution in [0.15, 0.2) is 70.1 Å². The number of aromatic nitrogens is 1. The van der Waals surface area contributed by atoms with Gasteiger partial charge in [0.05, 0.1) is 18.5 Å². The van der Waals surface area contributed by atoms with E-state index in [1.165, 1.54) is 12.3 Å². The lowest BCUT2D eigenvalue weighted by molar-refractivity contribution is 0.0526. The molecule has 25 heavy (non-hydrogen) atoms. The largest absolute Gasteiger partial charge is 0.463 e. The summed E-state index contributed by atoms with van der Waals surface area (Å²) in [4.78, 5) is 27.0.